The van der Waals surface area contributed by atoms with E-state index in [-0.39, 0.29) is 35.1 Å². The Morgan fingerprint density at radius 2 is 2.00 bits per heavy atom. The number of quaternary nitrogens is 1. The summed E-state index contributed by atoms with van der Waals surface area (Å²) in [6, 6.07) is 2.37. The van der Waals surface area contributed by atoms with E-state index in [0.29, 0.717) is 24.6 Å². The van der Waals surface area contributed by atoms with Gasteiger partial charge in [0.05, 0.1) is 20.6 Å². The Morgan fingerprint density at radius 3 is 2.73 bits per heavy atom. The Morgan fingerprint density at radius 1 is 1.27 bits per heavy atom. The molecule has 5 nitrogen and oxygen atoms in total. The topological polar surface area (TPSA) is 58.9 Å². The molecule has 0 saturated heterocycles. The number of benzene rings is 1. The number of nitrogens with zero attached hydrogens (tertiary/aromatic N) is 1. The van der Waals surface area contributed by atoms with Gasteiger partial charge in [0, 0.05) is 42.9 Å². The summed E-state index contributed by atoms with van der Waals surface area (Å²) in [5.41, 5.74) is 3.89. The number of fused-ring (bicyclic) bond motifs is 1. The quantitative estimate of drug-likeness (QED) is 0.422. The van der Waals surface area contributed by atoms with Crippen molar-refractivity contribution < 1.29 is 48.1 Å². The minimum atomic E-state index is -1.02. The molecule has 1 saturated carbocycles. The molecule has 26 heavy (non-hydrogen) atoms. The van der Waals surface area contributed by atoms with Crippen LogP contribution in [0.25, 0.3) is 0 Å². The van der Waals surface area contributed by atoms with Crippen LogP contribution in [0.2, 0.25) is 0 Å². The van der Waals surface area contributed by atoms with Gasteiger partial charge in [0.1, 0.15) is 12.1 Å². The zero-order valence-electron chi connectivity index (χ0n) is 15.7. The first-order chi connectivity index (χ1) is 11.8. The van der Waals surface area contributed by atoms with Crippen LogP contribution in [0, 0.1) is 0 Å². The maximum absolute atomic E-state index is 10.8. The van der Waals surface area contributed by atoms with Crippen molar-refractivity contribution in [2.24, 2.45) is 0 Å². The summed E-state index contributed by atoms with van der Waals surface area (Å²) < 4.78 is 12.9. The highest BCUT2D eigenvalue weighted by Gasteiger charge is 2.61. The molecular weight excluding hydrogens is 445 g/mol. The van der Waals surface area contributed by atoms with E-state index in [9.17, 15) is 10.2 Å². The monoisotopic (exact) mass is 473 g/mol. The summed E-state index contributed by atoms with van der Waals surface area (Å²) in [5, 5.41) is 21.3. The molecule has 2 aliphatic heterocycles. The molecule has 2 aliphatic carbocycles. The maximum Gasteiger partial charge on any atom is 0.237 e. The standard InChI is InChI=1S/C20H27NO4.HI/c1-21(2)9-6-12-10-14(22)18-17-16(12)13(21)4-7-19(17)8-5-15(23)20(11-19,24-3)25-18;/h10,13,15,23H,4-9,11H2,1-3H3;1H. The Hall–Kier alpha value is -0.570. The third-order valence-electron chi connectivity index (χ3n) is 7.56. The first-order valence-corrected chi connectivity index (χ1v) is 9.46. The average Bonchev–Trinajstić information content (AvgIpc) is 2.59. The second kappa shape index (κ2) is 5.72. The van der Waals surface area contributed by atoms with Crippen molar-refractivity contribution in [1.29, 1.82) is 0 Å². The van der Waals surface area contributed by atoms with Gasteiger partial charge in [-0.1, -0.05) is 0 Å². The molecule has 1 aromatic carbocycles. The van der Waals surface area contributed by atoms with Crippen LogP contribution in [0.4, 0.5) is 0 Å². The van der Waals surface area contributed by atoms with E-state index in [1.165, 1.54) is 16.7 Å². The minimum absolute atomic E-state index is 0. The van der Waals surface area contributed by atoms with Crippen LogP contribution in [-0.2, 0) is 16.6 Å². The normalized spacial score (nSPS) is 38.6. The summed E-state index contributed by atoms with van der Waals surface area (Å²) in [4.78, 5) is 0. The fourth-order valence-corrected chi connectivity index (χ4v) is 6.15. The molecule has 2 heterocycles. The molecule has 144 valence electrons. The molecule has 0 amide bonds. The average molecular weight is 473 g/mol. The number of rotatable bonds is 1. The van der Waals surface area contributed by atoms with Crippen LogP contribution >= 0.6 is 0 Å². The summed E-state index contributed by atoms with van der Waals surface area (Å²) in [7, 11) is 6.24. The summed E-state index contributed by atoms with van der Waals surface area (Å²) in [5.74, 6) is -0.249. The van der Waals surface area contributed by atoms with Gasteiger partial charge in [0.2, 0.25) is 5.79 Å². The fraction of sp³-hybridized carbons (Fsp3) is 0.700. The van der Waals surface area contributed by atoms with Crippen molar-refractivity contribution in [3.63, 3.8) is 0 Å². The molecule has 6 heteroatoms. The molecule has 4 atom stereocenters. The summed E-state index contributed by atoms with van der Waals surface area (Å²) in [6.45, 7) is 1.10. The number of aromatic hydroxyl groups is 1. The highest BCUT2D eigenvalue weighted by atomic mass is 127. The van der Waals surface area contributed by atoms with E-state index in [1.54, 1.807) is 7.11 Å². The van der Waals surface area contributed by atoms with Crippen LogP contribution < -0.4 is 28.7 Å². The number of hydrogen-bond donors (Lipinski definition) is 2. The highest BCUT2D eigenvalue weighted by Crippen LogP contribution is 2.63. The number of phenols is 1. The van der Waals surface area contributed by atoms with Gasteiger partial charge in [-0.15, -0.1) is 0 Å². The SMILES string of the molecule is COC12CC3(CCC1O)CCC1c4c(cc(O)c(c43)O2)CC[N+]1(C)C.[I-]. The van der Waals surface area contributed by atoms with E-state index >= 15 is 0 Å². The number of methoxy groups -OCH3 is 1. The van der Waals surface area contributed by atoms with E-state index in [1.807, 2.05) is 6.07 Å². The number of ether oxygens (including phenoxy) is 2. The van der Waals surface area contributed by atoms with E-state index in [4.69, 9.17) is 9.47 Å². The van der Waals surface area contributed by atoms with Crippen molar-refractivity contribution in [3.05, 3.63) is 22.8 Å². The fourth-order valence-electron chi connectivity index (χ4n) is 6.15. The van der Waals surface area contributed by atoms with Gasteiger partial charge in [-0.25, -0.2) is 0 Å². The molecular formula is C20H28INO4. The first kappa shape index (κ1) is 18.8. The Kier molecular flexibility index (Phi) is 4.13. The van der Waals surface area contributed by atoms with Crippen molar-refractivity contribution in [3.8, 4) is 11.5 Å². The lowest BCUT2D eigenvalue weighted by atomic mass is 9.56. The number of aliphatic hydroxyl groups excluding tert-OH is 1. The number of halogens is 1. The Bertz CT molecular complexity index is 767. The molecule has 2 bridgehead atoms. The van der Waals surface area contributed by atoms with Gasteiger partial charge in [-0.3, -0.25) is 0 Å². The maximum atomic E-state index is 10.8. The Labute approximate surface area is 171 Å². The van der Waals surface area contributed by atoms with E-state index in [2.05, 4.69) is 14.1 Å². The number of likely N-dealkylation sites (N-methyl/N-ethyl adjacent to an activating group) is 1. The predicted octanol–water partition coefficient (Wildman–Crippen LogP) is -0.619. The molecule has 4 aliphatic rings. The lowest BCUT2D eigenvalue weighted by molar-refractivity contribution is -0.924. The molecule has 5 rings (SSSR count). The summed E-state index contributed by atoms with van der Waals surface area (Å²) >= 11 is 0. The van der Waals surface area contributed by atoms with Crippen LogP contribution in [0.5, 0.6) is 11.5 Å². The highest BCUT2D eigenvalue weighted by molar-refractivity contribution is 5.61. The minimum Gasteiger partial charge on any atom is -1.00 e. The molecule has 1 spiro atoms. The van der Waals surface area contributed by atoms with Gasteiger partial charge in [-0.05, 0) is 30.9 Å². The number of aliphatic hydroxyl groups is 1. The second-order valence-corrected chi connectivity index (χ2v) is 9.11. The van der Waals surface area contributed by atoms with E-state index in [0.717, 1.165) is 36.7 Å². The van der Waals surface area contributed by atoms with Gasteiger partial charge < -0.3 is 48.1 Å². The molecule has 1 aromatic rings. The lowest BCUT2D eigenvalue weighted by Gasteiger charge is -2.58. The predicted molar refractivity (Wildman–Crippen MR) is 92.7 cm³/mol. The largest absolute Gasteiger partial charge is 1.00 e. The van der Waals surface area contributed by atoms with E-state index < -0.39 is 11.9 Å². The van der Waals surface area contributed by atoms with Crippen molar-refractivity contribution >= 4 is 0 Å². The van der Waals surface area contributed by atoms with Gasteiger partial charge in [0.25, 0.3) is 0 Å². The number of phenolic OH excluding ortho intramolecular Hbond substituents is 1. The third-order valence-corrected chi connectivity index (χ3v) is 7.56. The van der Waals surface area contributed by atoms with Gasteiger partial charge in [-0.2, -0.15) is 0 Å². The first-order valence-electron chi connectivity index (χ1n) is 9.46. The third kappa shape index (κ3) is 2.19. The van der Waals surface area contributed by atoms with Crippen molar-refractivity contribution in [2.75, 3.05) is 27.7 Å². The van der Waals surface area contributed by atoms with Crippen LogP contribution in [0.15, 0.2) is 6.07 Å². The Balaban J connectivity index is 0.00000168. The second-order valence-electron chi connectivity index (χ2n) is 9.11. The van der Waals surface area contributed by atoms with Gasteiger partial charge >= 0.3 is 0 Å². The molecule has 4 unspecified atom stereocenters. The van der Waals surface area contributed by atoms with Crippen molar-refractivity contribution in [1.82, 2.24) is 0 Å². The molecule has 2 N–H and O–H groups in total. The zero-order valence-corrected chi connectivity index (χ0v) is 17.9. The van der Waals surface area contributed by atoms with Gasteiger partial charge in [0.15, 0.2) is 11.5 Å². The smallest absolute Gasteiger partial charge is 0.237 e. The number of hydrogen-bond acceptors (Lipinski definition) is 4. The van der Waals surface area contributed by atoms with Crippen LogP contribution in [0.1, 0.15) is 54.8 Å². The molecule has 0 radical (unpaired) electrons. The molecule has 1 fully saturated rings. The zero-order chi connectivity index (χ0) is 17.6. The van der Waals surface area contributed by atoms with Crippen LogP contribution in [0.3, 0.4) is 0 Å². The van der Waals surface area contributed by atoms with Crippen LogP contribution in [-0.4, -0.2) is 54.3 Å². The molecule has 0 aromatic heterocycles. The van der Waals surface area contributed by atoms with Crippen molar-refractivity contribution in [2.45, 2.75) is 61.9 Å². The lowest BCUT2D eigenvalue weighted by Crippen LogP contribution is -3.00. The summed E-state index contributed by atoms with van der Waals surface area (Å²) in [6.07, 6.45) is 4.86.